The van der Waals surface area contributed by atoms with Crippen molar-refractivity contribution in [1.29, 1.82) is 0 Å². The molecule has 0 radical (unpaired) electrons. The molecule has 0 bridgehead atoms. The first-order valence-electron chi connectivity index (χ1n) is 10.1. The molecule has 1 aliphatic carbocycles. The molecular weight excluding hydrogens is 399 g/mol. The molecule has 2 saturated heterocycles. The summed E-state index contributed by atoms with van der Waals surface area (Å²) in [5, 5.41) is 4.25. The first kappa shape index (κ1) is 20.9. The van der Waals surface area contributed by atoms with Crippen LogP contribution in [0.15, 0.2) is 24.5 Å². The number of hydrogen-bond donors (Lipinski definition) is 1. The summed E-state index contributed by atoms with van der Waals surface area (Å²) in [7, 11) is 0. The zero-order chi connectivity index (χ0) is 21.5. The molecule has 2 atom stereocenters. The van der Waals surface area contributed by atoms with Crippen molar-refractivity contribution in [1.82, 2.24) is 19.7 Å². The quantitative estimate of drug-likeness (QED) is 0.810. The Morgan fingerprint density at radius 3 is 2.47 bits per heavy atom. The molecule has 4 heterocycles. The Morgan fingerprint density at radius 2 is 1.93 bits per heavy atom. The fourth-order valence-corrected chi connectivity index (χ4v) is 3.75. The van der Waals surface area contributed by atoms with Crippen LogP contribution in [-0.2, 0) is 4.74 Å². The third kappa shape index (κ3) is 4.86. The van der Waals surface area contributed by atoms with Gasteiger partial charge in [-0.05, 0) is 44.2 Å². The first-order valence-corrected chi connectivity index (χ1v) is 10.1. The van der Waals surface area contributed by atoms with Gasteiger partial charge < -0.3 is 15.2 Å². The third-order valence-electron chi connectivity index (χ3n) is 5.68. The predicted molar refractivity (Wildman–Crippen MR) is 105 cm³/mol. The van der Waals surface area contributed by atoms with Crippen molar-refractivity contribution in [3.63, 3.8) is 0 Å². The van der Waals surface area contributed by atoms with Crippen molar-refractivity contribution < 1.29 is 22.6 Å². The van der Waals surface area contributed by atoms with Crippen molar-refractivity contribution >= 4 is 5.82 Å². The molecule has 3 fully saturated rings. The van der Waals surface area contributed by atoms with E-state index in [1.165, 1.54) is 31.8 Å². The SMILES string of the molecule is C1C2CN(C3COC3)CC12.CC(C)n1ccc(-c2cnc(N)c(OC(F)(F)F)c2)n1. The van der Waals surface area contributed by atoms with Gasteiger partial charge in [0.25, 0.3) is 0 Å². The number of ether oxygens (including phenoxy) is 2. The Labute approximate surface area is 173 Å². The first-order chi connectivity index (χ1) is 14.2. The van der Waals surface area contributed by atoms with E-state index in [1.54, 1.807) is 16.9 Å². The average Bonchev–Trinajstić information content (AvgIpc) is 3.04. The largest absolute Gasteiger partial charge is 0.573 e. The molecule has 2 aromatic heterocycles. The van der Waals surface area contributed by atoms with Crippen LogP contribution in [-0.4, -0.2) is 58.4 Å². The Kier molecular flexibility index (Phi) is 5.63. The summed E-state index contributed by atoms with van der Waals surface area (Å²) >= 11 is 0. The number of anilines is 1. The van der Waals surface area contributed by atoms with E-state index >= 15 is 0 Å². The lowest BCUT2D eigenvalue weighted by molar-refractivity contribution is -0.274. The smallest absolute Gasteiger partial charge is 0.402 e. The van der Waals surface area contributed by atoms with E-state index < -0.39 is 12.1 Å². The number of hydrogen-bond acceptors (Lipinski definition) is 6. The van der Waals surface area contributed by atoms with E-state index in [9.17, 15) is 13.2 Å². The topological polar surface area (TPSA) is 78.4 Å². The van der Waals surface area contributed by atoms with Gasteiger partial charge in [-0.3, -0.25) is 9.58 Å². The molecule has 2 unspecified atom stereocenters. The van der Waals surface area contributed by atoms with Crippen molar-refractivity contribution in [2.75, 3.05) is 32.0 Å². The Morgan fingerprint density at radius 1 is 1.23 bits per heavy atom. The van der Waals surface area contributed by atoms with Crippen LogP contribution in [0, 0.1) is 11.8 Å². The summed E-state index contributed by atoms with van der Waals surface area (Å²) in [6.07, 6.45) is -0.206. The molecule has 3 aliphatic rings. The number of aromatic nitrogens is 3. The van der Waals surface area contributed by atoms with E-state index in [4.69, 9.17) is 10.5 Å². The summed E-state index contributed by atoms with van der Waals surface area (Å²) in [6.45, 7) is 8.63. The molecule has 7 nitrogen and oxygen atoms in total. The number of nitrogens with two attached hydrogens (primary N) is 1. The Balaban J connectivity index is 0.000000178. The maximum Gasteiger partial charge on any atom is 0.573 e. The van der Waals surface area contributed by atoms with Crippen LogP contribution in [0.2, 0.25) is 0 Å². The van der Waals surface area contributed by atoms with Gasteiger partial charge in [0, 0.05) is 37.1 Å². The summed E-state index contributed by atoms with van der Waals surface area (Å²) in [4.78, 5) is 6.31. The summed E-state index contributed by atoms with van der Waals surface area (Å²) in [6, 6.07) is 3.80. The van der Waals surface area contributed by atoms with Crippen LogP contribution < -0.4 is 10.5 Å². The van der Waals surface area contributed by atoms with E-state index in [-0.39, 0.29) is 11.9 Å². The van der Waals surface area contributed by atoms with Crippen LogP contribution in [0.3, 0.4) is 0 Å². The van der Waals surface area contributed by atoms with Gasteiger partial charge in [-0.2, -0.15) is 5.10 Å². The molecule has 164 valence electrons. The van der Waals surface area contributed by atoms with Crippen LogP contribution >= 0.6 is 0 Å². The molecule has 2 N–H and O–H groups in total. The molecular formula is C20H26F3N5O2. The van der Waals surface area contributed by atoms with Gasteiger partial charge in [0.2, 0.25) is 0 Å². The Bertz CT molecular complexity index is 872. The summed E-state index contributed by atoms with van der Waals surface area (Å²) in [5.74, 6) is 1.31. The highest BCUT2D eigenvalue weighted by atomic mass is 19.4. The monoisotopic (exact) mass is 425 g/mol. The van der Waals surface area contributed by atoms with Gasteiger partial charge in [-0.1, -0.05) is 0 Å². The lowest BCUT2D eigenvalue weighted by Gasteiger charge is -2.35. The third-order valence-corrected chi connectivity index (χ3v) is 5.68. The second kappa shape index (κ2) is 8.07. The van der Waals surface area contributed by atoms with Gasteiger partial charge >= 0.3 is 6.36 Å². The fraction of sp³-hybridized carbons (Fsp3) is 0.600. The lowest BCUT2D eigenvalue weighted by Crippen LogP contribution is -2.48. The van der Waals surface area contributed by atoms with Crippen LogP contribution in [0.4, 0.5) is 19.0 Å². The average molecular weight is 425 g/mol. The summed E-state index contributed by atoms with van der Waals surface area (Å²) in [5.41, 5.74) is 6.27. The van der Waals surface area contributed by atoms with Gasteiger partial charge in [0.1, 0.15) is 0 Å². The van der Waals surface area contributed by atoms with Crippen molar-refractivity contribution in [2.45, 2.75) is 38.7 Å². The number of alkyl halides is 3. The summed E-state index contributed by atoms with van der Waals surface area (Å²) < 4.78 is 47.4. The molecule has 0 spiro atoms. The zero-order valence-corrected chi connectivity index (χ0v) is 17.0. The number of nitrogen functional groups attached to an aromatic ring is 1. The van der Waals surface area contributed by atoms with Crippen molar-refractivity contribution in [2.24, 2.45) is 11.8 Å². The minimum Gasteiger partial charge on any atom is -0.402 e. The number of fused-ring (bicyclic) bond motifs is 1. The fourth-order valence-electron chi connectivity index (χ4n) is 3.75. The van der Waals surface area contributed by atoms with Crippen LogP contribution in [0.5, 0.6) is 5.75 Å². The molecule has 5 rings (SSSR count). The molecule has 0 aromatic carbocycles. The molecule has 10 heteroatoms. The minimum atomic E-state index is -4.81. The number of rotatable bonds is 4. The van der Waals surface area contributed by atoms with Crippen molar-refractivity contribution in [3.05, 3.63) is 24.5 Å². The maximum absolute atomic E-state index is 12.2. The molecule has 2 aromatic rings. The number of nitrogens with zero attached hydrogens (tertiary/aromatic N) is 4. The van der Waals surface area contributed by atoms with Crippen LogP contribution in [0.25, 0.3) is 11.3 Å². The second-order valence-corrected chi connectivity index (χ2v) is 8.33. The number of likely N-dealkylation sites (tertiary alicyclic amines) is 1. The van der Waals surface area contributed by atoms with Gasteiger partial charge in [-0.25, -0.2) is 4.98 Å². The standard InChI is InChI=1S/C12H13F3N4O.C8H13NO/c1-7(2)19-4-3-9(18-19)8-5-10(11(16)17-6-8)20-12(13,14)15;1-6-2-9(3-7(1)6)8-4-10-5-8/h3-7H,1-2H3,(H2,16,17);6-8H,1-5H2. The van der Waals surface area contributed by atoms with E-state index in [0.29, 0.717) is 11.3 Å². The van der Waals surface area contributed by atoms with E-state index in [2.05, 4.69) is 19.7 Å². The van der Waals surface area contributed by atoms with E-state index in [1.807, 2.05) is 13.8 Å². The van der Waals surface area contributed by atoms with Gasteiger partial charge in [-0.15, -0.1) is 13.2 Å². The number of pyridine rings is 1. The van der Waals surface area contributed by atoms with Crippen LogP contribution in [0.1, 0.15) is 26.3 Å². The molecule has 1 saturated carbocycles. The highest BCUT2D eigenvalue weighted by molar-refractivity contribution is 5.63. The lowest BCUT2D eigenvalue weighted by atomic mass is 10.2. The normalized spacial score (nSPS) is 23.5. The van der Waals surface area contributed by atoms with Crippen molar-refractivity contribution in [3.8, 4) is 17.0 Å². The minimum absolute atomic E-state index is 0.149. The zero-order valence-electron chi connectivity index (χ0n) is 17.0. The maximum atomic E-state index is 12.2. The Hall–Kier alpha value is -2.33. The molecule has 30 heavy (non-hydrogen) atoms. The second-order valence-electron chi connectivity index (χ2n) is 8.33. The number of piperidine rings is 1. The van der Waals surface area contributed by atoms with Gasteiger partial charge in [0.05, 0.1) is 24.9 Å². The van der Waals surface area contributed by atoms with Gasteiger partial charge in [0.15, 0.2) is 11.6 Å². The predicted octanol–water partition coefficient (Wildman–Crippen LogP) is 3.34. The number of halogens is 3. The van der Waals surface area contributed by atoms with E-state index in [0.717, 1.165) is 31.1 Å². The highest BCUT2D eigenvalue weighted by Crippen LogP contribution is 2.45. The molecule has 0 amide bonds. The highest BCUT2D eigenvalue weighted by Gasteiger charge is 2.47. The molecule has 2 aliphatic heterocycles.